The van der Waals surface area contributed by atoms with Gasteiger partial charge in [0.1, 0.15) is 10.9 Å². The fourth-order valence-corrected chi connectivity index (χ4v) is 8.05. The van der Waals surface area contributed by atoms with Gasteiger partial charge in [-0.1, -0.05) is 55.3 Å². The number of hydrogen-bond acceptors (Lipinski definition) is 7. The van der Waals surface area contributed by atoms with Crippen LogP contribution < -0.4 is 16.4 Å². The van der Waals surface area contributed by atoms with Gasteiger partial charge in [0.05, 0.1) is 11.1 Å². The Hall–Kier alpha value is -3.52. The van der Waals surface area contributed by atoms with Gasteiger partial charge in [-0.2, -0.15) is 13.2 Å². The highest BCUT2D eigenvalue weighted by Gasteiger charge is 2.39. The van der Waals surface area contributed by atoms with Crippen molar-refractivity contribution in [2.24, 2.45) is 17.6 Å². The Morgan fingerprint density at radius 2 is 1.66 bits per heavy atom. The Bertz CT molecular complexity index is 1580. The van der Waals surface area contributed by atoms with E-state index in [2.05, 4.69) is 15.5 Å². The minimum atomic E-state index is -4.46. The molecule has 2 saturated heterocycles. The van der Waals surface area contributed by atoms with E-state index in [4.69, 9.17) is 15.6 Å². The minimum Gasteiger partial charge on any atom is -0.477 e. The summed E-state index contributed by atoms with van der Waals surface area (Å²) in [5.74, 6) is -0.267. The first-order valence-electron chi connectivity index (χ1n) is 17.5. The van der Waals surface area contributed by atoms with Crippen LogP contribution in [0.5, 0.6) is 0 Å². The SMILES string of the molecule is NC1(C(=O)N[C@H](Cc2ccccc2)C(=O)NCC2CCN(CC3CCOCC3)CC2)CCCC1.O=C(O)c1cc2cccc(C(F)(F)F)c2s1. The fraction of sp³-hybridized carbons (Fsp3) is 0.541. The quantitative estimate of drug-likeness (QED) is 0.207. The second-order valence-corrected chi connectivity index (χ2v) is 14.8. The number of fused-ring (bicyclic) bond motifs is 1. The molecule has 1 aromatic heterocycles. The van der Waals surface area contributed by atoms with Crippen LogP contribution >= 0.6 is 11.3 Å². The number of alkyl halides is 3. The van der Waals surface area contributed by atoms with E-state index in [1.54, 1.807) is 0 Å². The average molecular weight is 717 g/mol. The van der Waals surface area contributed by atoms with Gasteiger partial charge in [-0.05, 0) is 86.5 Å². The number of nitrogens with zero attached hydrogens (tertiary/aromatic N) is 1. The normalized spacial score (nSPS) is 19.4. The van der Waals surface area contributed by atoms with Gasteiger partial charge in [0.2, 0.25) is 11.8 Å². The molecule has 0 unspecified atom stereocenters. The topological polar surface area (TPSA) is 134 Å². The molecule has 2 aromatic carbocycles. The van der Waals surface area contributed by atoms with Crippen molar-refractivity contribution >= 4 is 39.2 Å². The van der Waals surface area contributed by atoms with Crippen molar-refractivity contribution in [3.63, 3.8) is 0 Å². The highest BCUT2D eigenvalue weighted by Crippen LogP contribution is 2.38. The average Bonchev–Trinajstić information content (AvgIpc) is 3.76. The molecular weight excluding hydrogens is 669 g/mol. The molecule has 5 N–H and O–H groups in total. The first-order valence-corrected chi connectivity index (χ1v) is 18.3. The van der Waals surface area contributed by atoms with Gasteiger partial charge < -0.3 is 31.1 Å². The number of likely N-dealkylation sites (tertiary alicyclic amines) is 1. The number of aromatic carboxylic acids is 1. The minimum absolute atomic E-state index is 0.0348. The third kappa shape index (κ3) is 10.3. The fourth-order valence-electron chi connectivity index (χ4n) is 7.02. The second-order valence-electron chi connectivity index (χ2n) is 13.8. The molecule has 0 spiro atoms. The van der Waals surface area contributed by atoms with Crippen LogP contribution in [0, 0.1) is 11.8 Å². The zero-order chi connectivity index (χ0) is 35.7. The maximum absolute atomic E-state index is 13.2. The Kier molecular flexibility index (Phi) is 12.9. The lowest BCUT2D eigenvalue weighted by Crippen LogP contribution is -2.58. The number of hydrogen-bond donors (Lipinski definition) is 4. The van der Waals surface area contributed by atoms with E-state index in [1.807, 2.05) is 30.3 Å². The number of amides is 2. The molecule has 3 aliphatic rings. The number of ether oxygens (including phenoxy) is 1. The molecule has 50 heavy (non-hydrogen) atoms. The van der Waals surface area contributed by atoms with Gasteiger partial charge >= 0.3 is 12.1 Å². The summed E-state index contributed by atoms with van der Waals surface area (Å²) in [5.41, 5.74) is 5.76. The third-order valence-corrected chi connectivity index (χ3v) is 11.2. The number of carboxylic acid groups (broad SMARTS) is 1. The Balaban J connectivity index is 0.000000253. The molecular formula is C37H47F3N4O5S. The van der Waals surface area contributed by atoms with Crippen molar-refractivity contribution in [3.05, 3.63) is 70.6 Å². The Labute approximate surface area is 294 Å². The molecule has 6 rings (SSSR count). The molecule has 9 nitrogen and oxygen atoms in total. The molecule has 3 heterocycles. The van der Waals surface area contributed by atoms with Gasteiger partial charge in [0.25, 0.3) is 0 Å². The summed E-state index contributed by atoms with van der Waals surface area (Å²) in [4.78, 5) is 39.3. The second kappa shape index (κ2) is 17.1. The Morgan fingerprint density at radius 3 is 2.30 bits per heavy atom. The predicted molar refractivity (Wildman–Crippen MR) is 187 cm³/mol. The molecule has 272 valence electrons. The molecule has 2 aliphatic heterocycles. The molecule has 0 bridgehead atoms. The predicted octanol–water partition coefficient (Wildman–Crippen LogP) is 5.86. The number of carboxylic acids is 1. The van der Waals surface area contributed by atoms with Gasteiger partial charge in [-0.25, -0.2) is 4.79 Å². The van der Waals surface area contributed by atoms with Crippen molar-refractivity contribution in [2.75, 3.05) is 39.4 Å². The summed E-state index contributed by atoms with van der Waals surface area (Å²) in [5, 5.41) is 15.2. The molecule has 1 aliphatic carbocycles. The molecule has 13 heteroatoms. The number of thiophene rings is 1. The summed E-state index contributed by atoms with van der Waals surface area (Å²) in [6.45, 7) is 5.83. The molecule has 3 fully saturated rings. The van der Waals surface area contributed by atoms with E-state index in [-0.39, 0.29) is 21.4 Å². The maximum atomic E-state index is 13.2. The van der Waals surface area contributed by atoms with Crippen molar-refractivity contribution < 1.29 is 37.4 Å². The number of benzene rings is 2. The highest BCUT2D eigenvalue weighted by molar-refractivity contribution is 7.21. The van der Waals surface area contributed by atoms with E-state index < -0.39 is 29.3 Å². The van der Waals surface area contributed by atoms with Crippen molar-refractivity contribution in [3.8, 4) is 0 Å². The van der Waals surface area contributed by atoms with Crippen LogP contribution in [0.15, 0.2) is 54.6 Å². The number of nitrogens with two attached hydrogens (primary N) is 1. The van der Waals surface area contributed by atoms with E-state index in [0.29, 0.717) is 48.4 Å². The highest BCUT2D eigenvalue weighted by atomic mass is 32.1. The number of halogens is 3. The molecule has 1 atom stereocenters. The molecule has 0 radical (unpaired) electrons. The first kappa shape index (κ1) is 37.7. The number of carbonyl (C=O) groups is 3. The largest absolute Gasteiger partial charge is 0.477 e. The molecule has 3 aromatic rings. The van der Waals surface area contributed by atoms with Crippen LogP contribution in [0.2, 0.25) is 0 Å². The number of piperidine rings is 1. The van der Waals surface area contributed by atoms with Crippen LogP contribution in [-0.4, -0.2) is 78.8 Å². The number of nitrogens with one attached hydrogen (secondary N) is 2. The summed E-state index contributed by atoms with van der Waals surface area (Å²) >= 11 is 0.639. The van der Waals surface area contributed by atoms with Crippen LogP contribution in [0.1, 0.15) is 72.2 Å². The van der Waals surface area contributed by atoms with Crippen LogP contribution in [0.3, 0.4) is 0 Å². The smallest absolute Gasteiger partial charge is 0.417 e. The molecule has 1 saturated carbocycles. The van der Waals surface area contributed by atoms with Gasteiger partial charge in [-0.3, -0.25) is 9.59 Å². The summed E-state index contributed by atoms with van der Waals surface area (Å²) in [7, 11) is 0. The van der Waals surface area contributed by atoms with Gasteiger partial charge in [0.15, 0.2) is 0 Å². The van der Waals surface area contributed by atoms with Gasteiger partial charge in [-0.15, -0.1) is 11.3 Å². The van der Waals surface area contributed by atoms with Crippen molar-refractivity contribution in [2.45, 2.75) is 75.5 Å². The lowest BCUT2D eigenvalue weighted by atomic mass is 9.93. The van der Waals surface area contributed by atoms with Crippen molar-refractivity contribution in [1.82, 2.24) is 15.5 Å². The summed E-state index contributed by atoms with van der Waals surface area (Å²) < 4.78 is 43.2. The van der Waals surface area contributed by atoms with Crippen molar-refractivity contribution in [1.29, 1.82) is 0 Å². The van der Waals surface area contributed by atoms with Crippen LogP contribution in [-0.2, 0) is 26.9 Å². The van der Waals surface area contributed by atoms with E-state index in [0.717, 1.165) is 69.5 Å². The van der Waals surface area contributed by atoms with Crippen LogP contribution in [0.25, 0.3) is 10.1 Å². The summed E-state index contributed by atoms with van der Waals surface area (Å²) in [6.07, 6.45) is 3.87. The summed E-state index contributed by atoms with van der Waals surface area (Å²) in [6, 6.07) is 14.2. The molecule has 2 amide bonds. The first-order chi connectivity index (χ1) is 23.9. The maximum Gasteiger partial charge on any atom is 0.417 e. The van der Waals surface area contributed by atoms with Gasteiger partial charge in [0, 0.05) is 37.4 Å². The number of rotatable bonds is 10. The standard InChI is InChI=1S/C27H42N4O3.C10H5F3O2S/c28-27(12-4-5-13-27)26(33)30-24(18-21-6-2-1-3-7-21)25(32)29-19-22-8-14-31(15-9-22)20-23-10-16-34-17-11-23;11-10(12,13)6-3-1-2-5-4-7(9(14)15)16-8(5)6/h1-3,6-7,22-24H,4-5,8-20,28H2,(H,29,32)(H,30,33);1-4H,(H,14,15)/t24-;/m1./s1. The van der Waals surface area contributed by atoms with Crippen LogP contribution in [0.4, 0.5) is 13.2 Å². The lowest BCUT2D eigenvalue weighted by molar-refractivity contribution is -0.136. The lowest BCUT2D eigenvalue weighted by Gasteiger charge is -2.35. The van der Waals surface area contributed by atoms with E-state index >= 15 is 0 Å². The Morgan fingerprint density at radius 1 is 0.980 bits per heavy atom. The van der Waals surface area contributed by atoms with E-state index in [9.17, 15) is 27.6 Å². The zero-order valence-electron chi connectivity index (χ0n) is 28.2. The number of carbonyl (C=O) groups excluding carboxylic acids is 2. The monoisotopic (exact) mass is 716 g/mol. The van der Waals surface area contributed by atoms with E-state index in [1.165, 1.54) is 37.6 Å². The zero-order valence-corrected chi connectivity index (χ0v) is 29.0. The third-order valence-electron chi connectivity index (χ3n) is 10.0.